The zero-order valence-electron chi connectivity index (χ0n) is 27.3. The van der Waals surface area contributed by atoms with Gasteiger partial charge in [0.15, 0.2) is 0 Å². The van der Waals surface area contributed by atoms with Gasteiger partial charge in [0.1, 0.15) is 15.7 Å². The number of hydrogen-bond acceptors (Lipinski definition) is 9. The largest absolute Gasteiger partial charge is 0.497 e. The van der Waals surface area contributed by atoms with Crippen molar-refractivity contribution in [1.29, 1.82) is 0 Å². The fraction of sp³-hybridized carbons (Fsp3) is 0.500. The Labute approximate surface area is 277 Å². The van der Waals surface area contributed by atoms with E-state index in [0.29, 0.717) is 25.4 Å². The summed E-state index contributed by atoms with van der Waals surface area (Å²) in [5.41, 5.74) is 1.64. The van der Waals surface area contributed by atoms with Gasteiger partial charge in [0.05, 0.1) is 37.5 Å². The van der Waals surface area contributed by atoms with Crippen molar-refractivity contribution in [1.82, 2.24) is 9.80 Å². The molecule has 1 amide bonds. The van der Waals surface area contributed by atoms with Crippen molar-refractivity contribution in [3.05, 3.63) is 71.1 Å². The van der Waals surface area contributed by atoms with Crippen LogP contribution in [0.3, 0.4) is 0 Å². The van der Waals surface area contributed by atoms with Crippen LogP contribution in [0.15, 0.2) is 64.2 Å². The van der Waals surface area contributed by atoms with Gasteiger partial charge in [-0.1, -0.05) is 25.1 Å². The lowest BCUT2D eigenvalue weighted by Crippen LogP contribution is -2.47. The summed E-state index contributed by atoms with van der Waals surface area (Å²) >= 11 is 1.11. The standard InChI is InChI=1S/C34H47N3O7S2/c1-24-20-37(25(2)23-38)34(39)30-19-28(35-46(40,41)33-10-8-18-45-33)13-16-31(30)44-26(3)9-6-7-17-43-32(24)22-36(4)21-27-11-14-29(42-5)15-12-27/h8,10-16,18-19,24-26,32,35,38H,6-7,9,17,20-23H2,1-5H3/t24-,25+,26+,32-/m0/s1. The molecule has 1 aliphatic rings. The van der Waals surface area contributed by atoms with Crippen LogP contribution in [-0.2, 0) is 21.3 Å². The van der Waals surface area contributed by atoms with Crippen molar-refractivity contribution < 1.29 is 32.5 Å². The number of nitrogens with one attached hydrogen (secondary N) is 1. The molecule has 4 atom stereocenters. The molecule has 0 spiro atoms. The second-order valence-electron chi connectivity index (χ2n) is 12.1. The van der Waals surface area contributed by atoms with E-state index in [4.69, 9.17) is 14.2 Å². The van der Waals surface area contributed by atoms with E-state index < -0.39 is 16.1 Å². The van der Waals surface area contributed by atoms with Gasteiger partial charge < -0.3 is 24.2 Å². The number of sulfonamides is 1. The van der Waals surface area contributed by atoms with Gasteiger partial charge in [-0.3, -0.25) is 14.4 Å². The Morgan fingerprint density at radius 3 is 2.59 bits per heavy atom. The zero-order valence-corrected chi connectivity index (χ0v) is 29.0. The first kappa shape index (κ1) is 35.7. The molecule has 2 heterocycles. The van der Waals surface area contributed by atoms with Crippen LogP contribution in [0, 0.1) is 5.92 Å². The van der Waals surface area contributed by atoms with Gasteiger partial charge in [0.25, 0.3) is 15.9 Å². The molecule has 252 valence electrons. The summed E-state index contributed by atoms with van der Waals surface area (Å²) < 4.78 is 46.8. The van der Waals surface area contributed by atoms with Gasteiger partial charge in [0, 0.05) is 37.8 Å². The summed E-state index contributed by atoms with van der Waals surface area (Å²) in [7, 11) is -0.122. The molecule has 0 fully saturated rings. The number of hydrogen-bond donors (Lipinski definition) is 2. The number of carbonyl (C=O) groups is 1. The molecular formula is C34H47N3O7S2. The van der Waals surface area contributed by atoms with Crippen molar-refractivity contribution in [2.24, 2.45) is 5.92 Å². The molecule has 0 unspecified atom stereocenters. The molecule has 1 aromatic heterocycles. The summed E-state index contributed by atoms with van der Waals surface area (Å²) in [6.07, 6.45) is 2.16. The molecule has 4 rings (SSSR count). The lowest BCUT2D eigenvalue weighted by molar-refractivity contribution is -0.0177. The van der Waals surface area contributed by atoms with Crippen LogP contribution in [0.2, 0.25) is 0 Å². The number of carbonyl (C=O) groups excluding carboxylic acids is 1. The number of rotatable bonds is 10. The zero-order chi connectivity index (χ0) is 33.3. The lowest BCUT2D eigenvalue weighted by Gasteiger charge is -2.36. The highest BCUT2D eigenvalue weighted by Crippen LogP contribution is 2.30. The predicted octanol–water partition coefficient (Wildman–Crippen LogP) is 5.49. The molecule has 0 saturated carbocycles. The highest BCUT2D eigenvalue weighted by molar-refractivity contribution is 7.94. The number of ether oxygens (including phenoxy) is 3. The third-order valence-electron chi connectivity index (χ3n) is 8.17. The van der Waals surface area contributed by atoms with E-state index in [9.17, 15) is 18.3 Å². The molecule has 2 N–H and O–H groups in total. The van der Waals surface area contributed by atoms with Crippen molar-refractivity contribution in [3.8, 4) is 11.5 Å². The van der Waals surface area contributed by atoms with E-state index in [0.717, 1.165) is 48.5 Å². The highest BCUT2D eigenvalue weighted by Gasteiger charge is 2.31. The van der Waals surface area contributed by atoms with Gasteiger partial charge in [-0.05, 0) is 87.5 Å². The van der Waals surface area contributed by atoms with Gasteiger partial charge in [-0.25, -0.2) is 8.42 Å². The number of anilines is 1. The van der Waals surface area contributed by atoms with E-state index in [-0.39, 0.29) is 46.1 Å². The molecule has 12 heteroatoms. The quantitative estimate of drug-likeness (QED) is 0.291. The summed E-state index contributed by atoms with van der Waals surface area (Å²) in [5, 5.41) is 11.9. The predicted molar refractivity (Wildman–Crippen MR) is 181 cm³/mol. The smallest absolute Gasteiger partial charge is 0.271 e. The van der Waals surface area contributed by atoms with E-state index in [1.807, 2.05) is 31.2 Å². The molecule has 0 aliphatic carbocycles. The average molecular weight is 674 g/mol. The summed E-state index contributed by atoms with van der Waals surface area (Å²) in [4.78, 5) is 18.2. The summed E-state index contributed by atoms with van der Waals surface area (Å²) in [5.74, 6) is 0.757. The summed E-state index contributed by atoms with van der Waals surface area (Å²) in [6, 6.07) is 15.5. The maximum absolute atomic E-state index is 14.3. The minimum atomic E-state index is -3.83. The number of benzene rings is 2. The number of amides is 1. The van der Waals surface area contributed by atoms with Gasteiger partial charge in [-0.2, -0.15) is 0 Å². The third-order valence-corrected chi connectivity index (χ3v) is 10.9. The van der Waals surface area contributed by atoms with E-state index >= 15 is 0 Å². The molecular weight excluding hydrogens is 627 g/mol. The minimum absolute atomic E-state index is 0.0805. The van der Waals surface area contributed by atoms with E-state index in [1.54, 1.807) is 42.5 Å². The van der Waals surface area contributed by atoms with Crippen LogP contribution in [0.5, 0.6) is 11.5 Å². The molecule has 46 heavy (non-hydrogen) atoms. The Morgan fingerprint density at radius 1 is 1.15 bits per heavy atom. The van der Waals surface area contributed by atoms with Crippen molar-refractivity contribution in [2.75, 3.05) is 45.2 Å². The van der Waals surface area contributed by atoms with Crippen molar-refractivity contribution in [3.63, 3.8) is 0 Å². The van der Waals surface area contributed by atoms with E-state index in [1.165, 1.54) is 12.1 Å². The van der Waals surface area contributed by atoms with Crippen LogP contribution in [0.25, 0.3) is 0 Å². The van der Waals surface area contributed by atoms with Gasteiger partial charge in [0.2, 0.25) is 0 Å². The number of fused-ring (bicyclic) bond motifs is 1. The van der Waals surface area contributed by atoms with Crippen LogP contribution in [-0.4, -0.2) is 87.9 Å². The Hall–Kier alpha value is -3.16. The van der Waals surface area contributed by atoms with Crippen LogP contribution in [0.4, 0.5) is 5.69 Å². The van der Waals surface area contributed by atoms with E-state index in [2.05, 4.69) is 23.6 Å². The fourth-order valence-corrected chi connectivity index (χ4v) is 7.53. The molecule has 0 saturated heterocycles. The second-order valence-corrected chi connectivity index (χ2v) is 15.0. The molecule has 0 radical (unpaired) electrons. The molecule has 2 aromatic carbocycles. The monoisotopic (exact) mass is 673 g/mol. The first-order chi connectivity index (χ1) is 22.0. The van der Waals surface area contributed by atoms with Crippen molar-refractivity contribution >= 4 is 33.0 Å². The lowest BCUT2D eigenvalue weighted by atomic mass is 10.0. The number of aliphatic hydroxyl groups excluding tert-OH is 1. The number of nitrogens with zero attached hydrogens (tertiary/aromatic N) is 2. The number of methoxy groups -OCH3 is 1. The van der Waals surface area contributed by atoms with Crippen molar-refractivity contribution in [2.45, 2.75) is 69.0 Å². The Bertz CT molecular complexity index is 1500. The second kappa shape index (κ2) is 16.6. The van der Waals surface area contributed by atoms with Gasteiger partial charge in [-0.15, -0.1) is 11.3 Å². The third kappa shape index (κ3) is 9.68. The minimum Gasteiger partial charge on any atom is -0.497 e. The Morgan fingerprint density at radius 2 is 1.91 bits per heavy atom. The molecule has 3 aromatic rings. The van der Waals surface area contributed by atoms with Crippen LogP contribution in [0.1, 0.15) is 56.0 Å². The number of aliphatic hydroxyl groups is 1. The fourth-order valence-electron chi connectivity index (χ4n) is 5.48. The maximum atomic E-state index is 14.3. The highest BCUT2D eigenvalue weighted by atomic mass is 32.2. The average Bonchev–Trinajstić information content (AvgIpc) is 3.59. The SMILES string of the molecule is COc1ccc(CN(C)C[C@@H]2OCCCC[C@@H](C)Oc3ccc(NS(=O)(=O)c4cccs4)cc3C(=O)N([C@H](C)CO)C[C@@H]2C)cc1. The molecule has 0 bridgehead atoms. The number of thiophene rings is 1. The summed E-state index contributed by atoms with van der Waals surface area (Å²) in [6.45, 7) is 7.86. The Balaban J connectivity index is 1.61. The number of likely N-dealkylation sites (N-methyl/N-ethyl adjacent to an activating group) is 1. The first-order valence-electron chi connectivity index (χ1n) is 15.7. The Kier molecular flexibility index (Phi) is 12.9. The normalized spacial score (nSPS) is 20.8. The first-order valence-corrected chi connectivity index (χ1v) is 18.1. The maximum Gasteiger partial charge on any atom is 0.271 e. The molecule has 10 nitrogen and oxygen atoms in total. The van der Waals surface area contributed by atoms with Crippen LogP contribution >= 0.6 is 11.3 Å². The van der Waals surface area contributed by atoms with Crippen LogP contribution < -0.4 is 14.2 Å². The molecule has 1 aliphatic heterocycles. The topological polar surface area (TPSA) is 118 Å². The van der Waals surface area contributed by atoms with Gasteiger partial charge >= 0.3 is 0 Å².